The van der Waals surface area contributed by atoms with Gasteiger partial charge in [0.25, 0.3) is 0 Å². The van der Waals surface area contributed by atoms with Crippen molar-refractivity contribution in [3.05, 3.63) is 35.4 Å². The molecule has 0 aliphatic rings. The average molecular weight is 262 g/mol. The van der Waals surface area contributed by atoms with Crippen molar-refractivity contribution >= 4 is 5.91 Å². The van der Waals surface area contributed by atoms with E-state index in [0.717, 1.165) is 19.6 Å². The Balaban J connectivity index is 2.37. The molecule has 3 nitrogen and oxygen atoms in total. The SMILES string of the molecule is CCN(CC)C(=O)C[C@@H](C)NCc1ccc(C)cc1. The Morgan fingerprint density at radius 3 is 2.32 bits per heavy atom. The van der Waals surface area contributed by atoms with Crippen LogP contribution in [0, 0.1) is 6.92 Å². The lowest BCUT2D eigenvalue weighted by Crippen LogP contribution is -2.36. The van der Waals surface area contributed by atoms with Gasteiger partial charge < -0.3 is 10.2 Å². The smallest absolute Gasteiger partial charge is 0.224 e. The molecule has 0 radical (unpaired) electrons. The van der Waals surface area contributed by atoms with Crippen LogP contribution in [-0.4, -0.2) is 29.9 Å². The van der Waals surface area contributed by atoms with Crippen LogP contribution in [0.15, 0.2) is 24.3 Å². The number of benzene rings is 1. The van der Waals surface area contributed by atoms with Gasteiger partial charge in [-0.15, -0.1) is 0 Å². The molecule has 1 aromatic rings. The molecule has 0 unspecified atom stereocenters. The fourth-order valence-electron chi connectivity index (χ4n) is 2.04. The largest absolute Gasteiger partial charge is 0.343 e. The molecule has 0 aliphatic heterocycles. The Kier molecular flexibility index (Phi) is 6.57. The van der Waals surface area contributed by atoms with Crippen molar-refractivity contribution in [1.82, 2.24) is 10.2 Å². The molecule has 1 aromatic carbocycles. The van der Waals surface area contributed by atoms with Crippen molar-refractivity contribution in [2.75, 3.05) is 13.1 Å². The van der Waals surface area contributed by atoms with Gasteiger partial charge in [-0.3, -0.25) is 4.79 Å². The average Bonchev–Trinajstić information content (AvgIpc) is 2.39. The molecule has 0 aliphatic carbocycles. The number of carbonyl (C=O) groups excluding carboxylic acids is 1. The summed E-state index contributed by atoms with van der Waals surface area (Å²) in [5, 5.41) is 3.40. The maximum absolute atomic E-state index is 12.0. The van der Waals surface area contributed by atoms with E-state index >= 15 is 0 Å². The van der Waals surface area contributed by atoms with E-state index in [1.807, 2.05) is 18.7 Å². The topological polar surface area (TPSA) is 32.3 Å². The molecule has 0 aromatic heterocycles. The van der Waals surface area contributed by atoms with Gasteiger partial charge in [0.1, 0.15) is 0 Å². The van der Waals surface area contributed by atoms with Crippen LogP contribution in [0.3, 0.4) is 0 Å². The van der Waals surface area contributed by atoms with E-state index in [-0.39, 0.29) is 11.9 Å². The van der Waals surface area contributed by atoms with Gasteiger partial charge in [-0.2, -0.15) is 0 Å². The Morgan fingerprint density at radius 2 is 1.79 bits per heavy atom. The Morgan fingerprint density at radius 1 is 1.21 bits per heavy atom. The molecule has 1 atom stereocenters. The van der Waals surface area contributed by atoms with Crippen molar-refractivity contribution in [2.24, 2.45) is 0 Å². The summed E-state index contributed by atoms with van der Waals surface area (Å²) in [4.78, 5) is 13.8. The van der Waals surface area contributed by atoms with E-state index in [9.17, 15) is 4.79 Å². The summed E-state index contributed by atoms with van der Waals surface area (Å²) in [6, 6.07) is 8.68. The maximum Gasteiger partial charge on any atom is 0.224 e. The fourth-order valence-corrected chi connectivity index (χ4v) is 2.04. The summed E-state index contributed by atoms with van der Waals surface area (Å²) in [7, 11) is 0. The number of nitrogens with one attached hydrogen (secondary N) is 1. The van der Waals surface area contributed by atoms with Crippen molar-refractivity contribution < 1.29 is 4.79 Å². The van der Waals surface area contributed by atoms with E-state index in [2.05, 4.69) is 43.4 Å². The minimum atomic E-state index is 0.203. The minimum absolute atomic E-state index is 0.203. The molecule has 0 fully saturated rings. The first kappa shape index (κ1) is 15.7. The molecule has 1 N–H and O–H groups in total. The van der Waals surface area contributed by atoms with Crippen LogP contribution < -0.4 is 5.32 Å². The normalized spacial score (nSPS) is 12.2. The Labute approximate surface area is 117 Å². The predicted molar refractivity (Wildman–Crippen MR) is 80.0 cm³/mol. The molecule has 0 heterocycles. The molecule has 0 saturated heterocycles. The summed E-state index contributed by atoms with van der Waals surface area (Å²) in [5.41, 5.74) is 2.53. The first-order chi connectivity index (χ1) is 9.06. The monoisotopic (exact) mass is 262 g/mol. The number of hydrogen-bond donors (Lipinski definition) is 1. The summed E-state index contributed by atoms with van der Waals surface area (Å²) in [6.07, 6.45) is 0.563. The van der Waals surface area contributed by atoms with E-state index in [1.165, 1.54) is 11.1 Å². The van der Waals surface area contributed by atoms with Crippen LogP contribution in [0.2, 0.25) is 0 Å². The van der Waals surface area contributed by atoms with Crippen molar-refractivity contribution in [3.8, 4) is 0 Å². The van der Waals surface area contributed by atoms with Crippen LogP contribution in [0.5, 0.6) is 0 Å². The first-order valence-corrected chi connectivity index (χ1v) is 7.13. The molecule has 19 heavy (non-hydrogen) atoms. The lowest BCUT2D eigenvalue weighted by atomic mass is 10.1. The molecule has 3 heteroatoms. The van der Waals surface area contributed by atoms with E-state index < -0.39 is 0 Å². The lowest BCUT2D eigenvalue weighted by Gasteiger charge is -2.21. The molecule has 1 amide bonds. The van der Waals surface area contributed by atoms with Gasteiger partial charge in [0.05, 0.1) is 0 Å². The number of aryl methyl sites for hydroxylation is 1. The zero-order valence-electron chi connectivity index (χ0n) is 12.6. The second-order valence-corrected chi connectivity index (χ2v) is 5.04. The predicted octanol–water partition coefficient (Wildman–Crippen LogP) is 2.73. The number of rotatable bonds is 7. The molecule has 0 bridgehead atoms. The second kappa shape index (κ2) is 7.95. The Bertz CT molecular complexity index is 382. The zero-order valence-corrected chi connectivity index (χ0v) is 12.6. The summed E-state index contributed by atoms with van der Waals surface area (Å²) in [5.74, 6) is 0.230. The van der Waals surface area contributed by atoms with Crippen LogP contribution in [0.4, 0.5) is 0 Å². The number of hydrogen-bond acceptors (Lipinski definition) is 2. The molecule has 106 valence electrons. The minimum Gasteiger partial charge on any atom is -0.343 e. The van der Waals surface area contributed by atoms with Crippen LogP contribution in [0.1, 0.15) is 38.3 Å². The highest BCUT2D eigenvalue weighted by Gasteiger charge is 2.13. The van der Waals surface area contributed by atoms with Gasteiger partial charge in [0, 0.05) is 32.1 Å². The molecule has 0 saturated carbocycles. The van der Waals surface area contributed by atoms with Gasteiger partial charge >= 0.3 is 0 Å². The third-order valence-electron chi connectivity index (χ3n) is 3.37. The van der Waals surface area contributed by atoms with Crippen molar-refractivity contribution in [3.63, 3.8) is 0 Å². The summed E-state index contributed by atoms with van der Waals surface area (Å²) < 4.78 is 0. The highest BCUT2D eigenvalue weighted by atomic mass is 16.2. The third kappa shape index (κ3) is 5.43. The van der Waals surface area contributed by atoms with Crippen molar-refractivity contribution in [1.29, 1.82) is 0 Å². The second-order valence-electron chi connectivity index (χ2n) is 5.04. The molecule has 1 rings (SSSR count). The molecular weight excluding hydrogens is 236 g/mol. The van der Waals surface area contributed by atoms with Gasteiger partial charge in [-0.1, -0.05) is 29.8 Å². The zero-order chi connectivity index (χ0) is 14.3. The lowest BCUT2D eigenvalue weighted by molar-refractivity contribution is -0.131. The van der Waals surface area contributed by atoms with Crippen LogP contribution >= 0.6 is 0 Å². The van der Waals surface area contributed by atoms with E-state index in [0.29, 0.717) is 6.42 Å². The summed E-state index contributed by atoms with van der Waals surface area (Å²) >= 11 is 0. The highest BCUT2D eigenvalue weighted by molar-refractivity contribution is 5.76. The first-order valence-electron chi connectivity index (χ1n) is 7.13. The van der Waals surface area contributed by atoms with Gasteiger partial charge in [0.2, 0.25) is 5.91 Å². The fraction of sp³-hybridized carbons (Fsp3) is 0.562. The number of nitrogens with zero attached hydrogens (tertiary/aromatic N) is 1. The number of amides is 1. The molecular formula is C16H26N2O. The summed E-state index contributed by atoms with van der Waals surface area (Å²) in [6.45, 7) is 10.6. The number of carbonyl (C=O) groups is 1. The van der Waals surface area contributed by atoms with E-state index in [1.54, 1.807) is 0 Å². The maximum atomic E-state index is 12.0. The quantitative estimate of drug-likeness (QED) is 0.819. The van der Waals surface area contributed by atoms with Gasteiger partial charge in [-0.05, 0) is 33.3 Å². The van der Waals surface area contributed by atoms with Crippen LogP contribution in [0.25, 0.3) is 0 Å². The van der Waals surface area contributed by atoms with Gasteiger partial charge in [0.15, 0.2) is 0 Å². The van der Waals surface area contributed by atoms with Crippen molar-refractivity contribution in [2.45, 2.75) is 46.7 Å². The van der Waals surface area contributed by atoms with Crippen LogP contribution in [-0.2, 0) is 11.3 Å². The van der Waals surface area contributed by atoms with Gasteiger partial charge in [-0.25, -0.2) is 0 Å². The standard InChI is InChI=1S/C16H26N2O/c1-5-18(6-2)16(19)11-14(4)17-12-15-9-7-13(3)8-10-15/h7-10,14,17H,5-6,11-12H2,1-4H3/t14-/m1/s1. The highest BCUT2D eigenvalue weighted by Crippen LogP contribution is 2.04. The van der Waals surface area contributed by atoms with E-state index in [4.69, 9.17) is 0 Å². The third-order valence-corrected chi connectivity index (χ3v) is 3.37. The Hall–Kier alpha value is -1.35. The molecule has 0 spiro atoms.